The molecule has 0 bridgehead atoms. The molecule has 0 saturated heterocycles. The van der Waals surface area contributed by atoms with Crippen molar-refractivity contribution in [2.24, 2.45) is 11.1 Å². The molecule has 0 radical (unpaired) electrons. The van der Waals surface area contributed by atoms with Crippen LogP contribution in [0.25, 0.3) is 0 Å². The van der Waals surface area contributed by atoms with Crippen molar-refractivity contribution in [3.63, 3.8) is 0 Å². The fraction of sp³-hybridized carbons (Fsp3) is 0.333. The van der Waals surface area contributed by atoms with Crippen LogP contribution in [0.3, 0.4) is 0 Å². The van der Waals surface area contributed by atoms with Crippen LogP contribution in [0.5, 0.6) is 0 Å². The fourth-order valence-electron chi connectivity index (χ4n) is 3.33. The van der Waals surface area contributed by atoms with Gasteiger partial charge in [0.2, 0.25) is 5.88 Å². The topological polar surface area (TPSA) is 76.1 Å². The lowest BCUT2D eigenvalue weighted by Crippen LogP contribution is -2.33. The molecule has 0 unspecified atom stereocenters. The molecule has 2 aliphatic rings. The molecule has 1 heterocycles. The van der Waals surface area contributed by atoms with Crippen molar-refractivity contribution in [3.8, 4) is 6.07 Å². The van der Waals surface area contributed by atoms with E-state index < -0.39 is 5.92 Å². The summed E-state index contributed by atoms with van der Waals surface area (Å²) in [7, 11) is 0. The SMILES string of the molecule is CC1(C)CC(=O)C2=C(C1)OC(N)=C(C#N)[C@H]2c1ccc(Cl)cc1Cl. The smallest absolute Gasteiger partial charge is 0.205 e. The van der Waals surface area contributed by atoms with E-state index in [0.29, 0.717) is 39.8 Å². The Hall–Kier alpha value is -1.96. The second-order valence-electron chi connectivity index (χ2n) is 6.87. The van der Waals surface area contributed by atoms with E-state index in [1.165, 1.54) is 0 Å². The van der Waals surface area contributed by atoms with Crippen LogP contribution in [0, 0.1) is 16.7 Å². The first-order valence-electron chi connectivity index (χ1n) is 7.52. The Morgan fingerprint density at radius 1 is 1.33 bits per heavy atom. The predicted octanol–water partition coefficient (Wildman–Crippen LogP) is 4.44. The van der Waals surface area contributed by atoms with Crippen molar-refractivity contribution in [3.05, 3.63) is 56.6 Å². The molecular weight excluding hydrogens is 347 g/mol. The first kappa shape index (κ1) is 16.9. The van der Waals surface area contributed by atoms with E-state index in [2.05, 4.69) is 6.07 Å². The summed E-state index contributed by atoms with van der Waals surface area (Å²) in [5.74, 6) is -0.105. The molecule has 3 rings (SSSR count). The van der Waals surface area contributed by atoms with Gasteiger partial charge in [-0.3, -0.25) is 4.79 Å². The maximum absolute atomic E-state index is 12.8. The highest BCUT2D eigenvalue weighted by molar-refractivity contribution is 6.35. The molecule has 24 heavy (non-hydrogen) atoms. The molecule has 0 amide bonds. The number of hydrogen-bond acceptors (Lipinski definition) is 4. The zero-order chi connectivity index (χ0) is 17.6. The monoisotopic (exact) mass is 362 g/mol. The third kappa shape index (κ3) is 2.79. The first-order chi connectivity index (χ1) is 11.2. The molecule has 0 spiro atoms. The summed E-state index contributed by atoms with van der Waals surface area (Å²) in [6.45, 7) is 4.00. The molecule has 1 aromatic carbocycles. The Morgan fingerprint density at radius 3 is 2.67 bits per heavy atom. The minimum atomic E-state index is -0.618. The van der Waals surface area contributed by atoms with E-state index in [0.717, 1.165) is 0 Å². The van der Waals surface area contributed by atoms with Gasteiger partial charge in [0.05, 0.1) is 5.92 Å². The van der Waals surface area contributed by atoms with Crippen LogP contribution in [0.2, 0.25) is 10.0 Å². The highest BCUT2D eigenvalue weighted by atomic mass is 35.5. The molecule has 4 nitrogen and oxygen atoms in total. The fourth-order valence-corrected chi connectivity index (χ4v) is 3.85. The summed E-state index contributed by atoms with van der Waals surface area (Å²) in [6, 6.07) is 7.07. The van der Waals surface area contributed by atoms with Crippen molar-refractivity contribution in [1.82, 2.24) is 0 Å². The van der Waals surface area contributed by atoms with Crippen LogP contribution in [-0.2, 0) is 9.53 Å². The number of halogens is 2. The van der Waals surface area contributed by atoms with Gasteiger partial charge in [-0.05, 0) is 23.1 Å². The first-order valence-corrected chi connectivity index (χ1v) is 8.28. The van der Waals surface area contributed by atoms with Crippen molar-refractivity contribution in [1.29, 1.82) is 5.26 Å². The number of Topliss-reactive ketones (excluding diaryl/α,β-unsaturated/α-hetero) is 1. The summed E-state index contributed by atoms with van der Waals surface area (Å²) in [6.07, 6.45) is 0.963. The van der Waals surface area contributed by atoms with Crippen LogP contribution in [0.15, 0.2) is 41.0 Å². The Labute approximate surface area is 150 Å². The van der Waals surface area contributed by atoms with Gasteiger partial charge in [-0.2, -0.15) is 5.26 Å². The number of carbonyl (C=O) groups is 1. The number of carbonyl (C=O) groups excluding carboxylic acids is 1. The van der Waals surface area contributed by atoms with E-state index in [9.17, 15) is 10.1 Å². The van der Waals surface area contributed by atoms with Crippen LogP contribution < -0.4 is 5.73 Å². The third-order valence-electron chi connectivity index (χ3n) is 4.35. The highest BCUT2D eigenvalue weighted by Crippen LogP contribution is 2.49. The molecule has 1 aliphatic heterocycles. The molecule has 0 saturated carbocycles. The van der Waals surface area contributed by atoms with Crippen LogP contribution >= 0.6 is 23.2 Å². The van der Waals surface area contributed by atoms with Gasteiger partial charge in [0.25, 0.3) is 0 Å². The van der Waals surface area contributed by atoms with Gasteiger partial charge >= 0.3 is 0 Å². The average Bonchev–Trinajstić information content (AvgIpc) is 2.44. The molecule has 1 atom stereocenters. The normalized spacial score (nSPS) is 22.8. The minimum Gasteiger partial charge on any atom is -0.444 e. The lowest BCUT2D eigenvalue weighted by molar-refractivity contribution is -0.119. The number of rotatable bonds is 1. The Balaban J connectivity index is 2.22. The lowest BCUT2D eigenvalue weighted by atomic mass is 9.70. The van der Waals surface area contributed by atoms with Gasteiger partial charge < -0.3 is 10.5 Å². The molecule has 1 aromatic rings. The summed E-state index contributed by atoms with van der Waals surface area (Å²) in [4.78, 5) is 12.8. The lowest BCUT2D eigenvalue weighted by Gasteiger charge is -2.37. The number of allylic oxidation sites excluding steroid dienone is 3. The molecule has 2 N–H and O–H groups in total. The number of nitrogens with zero attached hydrogens (tertiary/aromatic N) is 1. The van der Waals surface area contributed by atoms with E-state index in [1.54, 1.807) is 18.2 Å². The van der Waals surface area contributed by atoms with E-state index in [4.69, 9.17) is 33.7 Å². The summed E-state index contributed by atoms with van der Waals surface area (Å²) < 4.78 is 5.64. The Kier molecular flexibility index (Phi) is 4.11. The summed E-state index contributed by atoms with van der Waals surface area (Å²) in [5, 5.41) is 10.4. The van der Waals surface area contributed by atoms with Crippen LogP contribution in [-0.4, -0.2) is 5.78 Å². The molecular formula is C18H16Cl2N2O2. The van der Waals surface area contributed by atoms with Gasteiger partial charge in [-0.1, -0.05) is 43.1 Å². The molecule has 1 aliphatic carbocycles. The predicted molar refractivity (Wildman–Crippen MR) is 92.2 cm³/mol. The van der Waals surface area contributed by atoms with Gasteiger partial charge in [0.15, 0.2) is 5.78 Å². The van der Waals surface area contributed by atoms with Crippen molar-refractivity contribution in [2.75, 3.05) is 0 Å². The summed E-state index contributed by atoms with van der Waals surface area (Å²) >= 11 is 12.3. The molecule has 0 aromatic heterocycles. The largest absolute Gasteiger partial charge is 0.444 e. The number of hydrogen-bond donors (Lipinski definition) is 1. The van der Waals surface area contributed by atoms with Gasteiger partial charge in [-0.25, -0.2) is 0 Å². The third-order valence-corrected chi connectivity index (χ3v) is 4.91. The number of nitrogens with two attached hydrogens (primary N) is 1. The average molecular weight is 363 g/mol. The number of ketones is 1. The van der Waals surface area contributed by atoms with Crippen molar-refractivity contribution < 1.29 is 9.53 Å². The van der Waals surface area contributed by atoms with Crippen molar-refractivity contribution >= 4 is 29.0 Å². The Bertz CT molecular complexity index is 847. The molecule has 124 valence electrons. The van der Waals surface area contributed by atoms with Crippen molar-refractivity contribution in [2.45, 2.75) is 32.6 Å². The second kappa shape index (κ2) is 5.84. The second-order valence-corrected chi connectivity index (χ2v) is 7.71. The maximum Gasteiger partial charge on any atom is 0.205 e. The molecule has 0 fully saturated rings. The molecule has 6 heteroatoms. The summed E-state index contributed by atoms with van der Waals surface area (Å²) in [5.41, 5.74) is 7.05. The van der Waals surface area contributed by atoms with Crippen LogP contribution in [0.4, 0.5) is 0 Å². The standard InChI is InChI=1S/C18H16Cl2N2O2/c1-18(2)6-13(23)16-14(7-18)24-17(22)11(8-21)15(16)10-4-3-9(19)5-12(10)20/h3-5,15H,6-7,22H2,1-2H3/t15-/m1/s1. The number of nitriles is 1. The number of benzene rings is 1. The van der Waals surface area contributed by atoms with Gasteiger partial charge in [-0.15, -0.1) is 0 Å². The quantitative estimate of drug-likeness (QED) is 0.800. The van der Waals surface area contributed by atoms with E-state index in [1.807, 2.05) is 13.8 Å². The highest BCUT2D eigenvalue weighted by Gasteiger charge is 2.43. The minimum absolute atomic E-state index is 0.0257. The Morgan fingerprint density at radius 2 is 2.04 bits per heavy atom. The maximum atomic E-state index is 12.8. The van der Waals surface area contributed by atoms with Crippen LogP contribution in [0.1, 0.15) is 38.2 Å². The van der Waals surface area contributed by atoms with Gasteiger partial charge in [0, 0.05) is 28.5 Å². The van der Waals surface area contributed by atoms with E-state index >= 15 is 0 Å². The number of ether oxygens (including phenoxy) is 1. The zero-order valence-electron chi connectivity index (χ0n) is 13.3. The zero-order valence-corrected chi connectivity index (χ0v) is 14.8. The van der Waals surface area contributed by atoms with Gasteiger partial charge in [0.1, 0.15) is 17.4 Å². The van der Waals surface area contributed by atoms with E-state index in [-0.39, 0.29) is 22.7 Å².